The zero-order chi connectivity index (χ0) is 16.7. The highest BCUT2D eigenvalue weighted by Crippen LogP contribution is 2.36. The third-order valence-corrected chi connectivity index (χ3v) is 4.55. The van der Waals surface area contributed by atoms with Gasteiger partial charge in [0.25, 0.3) is 0 Å². The van der Waals surface area contributed by atoms with Crippen LogP contribution < -0.4 is 10.6 Å². The van der Waals surface area contributed by atoms with Crippen molar-refractivity contribution in [2.75, 3.05) is 0 Å². The van der Waals surface area contributed by atoms with Crippen LogP contribution in [0.25, 0.3) is 0 Å². The molecule has 1 fully saturated rings. The first kappa shape index (κ1) is 20.4. The van der Waals surface area contributed by atoms with Crippen molar-refractivity contribution in [3.63, 3.8) is 0 Å². The molecule has 1 heterocycles. The van der Waals surface area contributed by atoms with Crippen LogP contribution >= 0.6 is 35.6 Å². The van der Waals surface area contributed by atoms with Gasteiger partial charge in [0.1, 0.15) is 5.69 Å². The van der Waals surface area contributed by atoms with Gasteiger partial charge < -0.3 is 10.6 Å². The third-order valence-electron chi connectivity index (χ3n) is 3.94. The average molecular weight is 379 g/mol. The van der Waals surface area contributed by atoms with Crippen LogP contribution in [-0.4, -0.2) is 18.0 Å². The summed E-state index contributed by atoms with van der Waals surface area (Å²) in [4.78, 5) is 4.62. The number of benzene rings is 1. The monoisotopic (exact) mass is 377 g/mol. The third kappa shape index (κ3) is 4.68. The lowest BCUT2D eigenvalue weighted by Crippen LogP contribution is -2.50. The van der Waals surface area contributed by atoms with Crippen molar-refractivity contribution in [1.29, 1.82) is 0 Å². The molecule has 3 nitrogen and oxygen atoms in total. The zero-order valence-electron chi connectivity index (χ0n) is 14.5. The van der Waals surface area contributed by atoms with Gasteiger partial charge in [0.05, 0.1) is 22.1 Å². The van der Waals surface area contributed by atoms with Gasteiger partial charge in [-0.25, -0.2) is 4.99 Å². The number of hydrogen-bond donors (Lipinski definition) is 2. The van der Waals surface area contributed by atoms with Gasteiger partial charge in [0.2, 0.25) is 0 Å². The van der Waals surface area contributed by atoms with Crippen LogP contribution in [0.4, 0.5) is 5.69 Å². The zero-order valence-corrected chi connectivity index (χ0v) is 16.8. The van der Waals surface area contributed by atoms with Gasteiger partial charge in [0.15, 0.2) is 5.96 Å². The van der Waals surface area contributed by atoms with Gasteiger partial charge in [-0.15, -0.1) is 12.4 Å². The molecule has 1 aromatic carbocycles. The Hall–Kier alpha value is -0.640. The summed E-state index contributed by atoms with van der Waals surface area (Å²) in [7, 11) is 0. The molecule has 0 unspecified atom stereocenters. The molecule has 1 saturated heterocycles. The SMILES string of the molecule is CC(C)(C)[C@@H]1NC(=Nc2c(Cl)cccc2Cl)N[C@H]1C(C)(C)C.Cl. The fourth-order valence-electron chi connectivity index (χ4n) is 2.71. The van der Waals surface area contributed by atoms with E-state index < -0.39 is 0 Å². The first-order valence-electron chi connectivity index (χ1n) is 7.56. The summed E-state index contributed by atoms with van der Waals surface area (Å²) >= 11 is 12.4. The maximum atomic E-state index is 6.21. The molecule has 2 N–H and O–H groups in total. The molecule has 2 atom stereocenters. The van der Waals surface area contributed by atoms with Crippen LogP contribution in [0.1, 0.15) is 41.5 Å². The van der Waals surface area contributed by atoms with Crippen LogP contribution in [0.5, 0.6) is 0 Å². The largest absolute Gasteiger partial charge is 0.351 e. The lowest BCUT2D eigenvalue weighted by Gasteiger charge is -2.38. The predicted molar refractivity (Wildman–Crippen MR) is 104 cm³/mol. The molecule has 0 aliphatic carbocycles. The normalized spacial score (nSPS) is 21.3. The standard InChI is InChI=1S/C17H25Cl2N3.ClH/c1-16(2,3)13-14(17(4,5)6)22-15(21-13)20-12-10(18)8-7-9-11(12)19;/h7-9,13-14H,1-6H3,(H2,20,21,22);1H/t13-,14-;/m1./s1. The summed E-state index contributed by atoms with van der Waals surface area (Å²) in [6, 6.07) is 5.95. The summed E-state index contributed by atoms with van der Waals surface area (Å²) in [5.74, 6) is 0.731. The van der Waals surface area contributed by atoms with E-state index in [2.05, 4.69) is 57.2 Å². The molecule has 0 bridgehead atoms. The van der Waals surface area contributed by atoms with Crippen LogP contribution in [0.3, 0.4) is 0 Å². The summed E-state index contributed by atoms with van der Waals surface area (Å²) in [5, 5.41) is 8.13. The molecule has 0 saturated carbocycles. The fourth-order valence-corrected chi connectivity index (χ4v) is 3.19. The second kappa shape index (κ2) is 7.08. The number of halogens is 3. The molecule has 1 aliphatic heterocycles. The average Bonchev–Trinajstić information content (AvgIpc) is 2.78. The molecule has 1 aromatic rings. The van der Waals surface area contributed by atoms with Crippen LogP contribution in [0.15, 0.2) is 23.2 Å². The second-order valence-corrected chi connectivity index (χ2v) is 8.82. The molecule has 0 radical (unpaired) electrons. The van der Waals surface area contributed by atoms with Crippen molar-refractivity contribution in [3.05, 3.63) is 28.2 Å². The number of hydrogen-bond acceptors (Lipinski definition) is 1. The number of para-hydroxylation sites is 1. The molecule has 2 rings (SSSR count). The molecule has 6 heteroatoms. The maximum absolute atomic E-state index is 6.21. The smallest absolute Gasteiger partial charge is 0.197 e. The topological polar surface area (TPSA) is 36.4 Å². The molecular weight excluding hydrogens is 353 g/mol. The molecule has 0 aromatic heterocycles. The van der Waals surface area contributed by atoms with E-state index in [0.29, 0.717) is 15.7 Å². The lowest BCUT2D eigenvalue weighted by atomic mass is 9.74. The van der Waals surface area contributed by atoms with Crippen molar-refractivity contribution < 1.29 is 0 Å². The predicted octanol–water partition coefficient (Wildman–Crippen LogP) is 5.42. The Morgan fingerprint density at radius 3 is 1.61 bits per heavy atom. The second-order valence-electron chi connectivity index (χ2n) is 8.01. The maximum Gasteiger partial charge on any atom is 0.197 e. The van der Waals surface area contributed by atoms with Crippen molar-refractivity contribution in [3.8, 4) is 0 Å². The highest BCUT2D eigenvalue weighted by molar-refractivity contribution is 6.38. The summed E-state index contributed by atoms with van der Waals surface area (Å²) in [6.45, 7) is 13.4. The van der Waals surface area contributed by atoms with Gasteiger partial charge in [0, 0.05) is 0 Å². The van der Waals surface area contributed by atoms with Gasteiger partial charge in [-0.3, -0.25) is 0 Å². The Morgan fingerprint density at radius 1 is 0.870 bits per heavy atom. The summed E-state index contributed by atoms with van der Waals surface area (Å²) in [5.41, 5.74) is 0.807. The first-order chi connectivity index (χ1) is 10.00. The number of nitrogens with zero attached hydrogens (tertiary/aromatic N) is 1. The molecule has 0 spiro atoms. The van der Waals surface area contributed by atoms with E-state index in [0.717, 1.165) is 5.96 Å². The van der Waals surface area contributed by atoms with Crippen molar-refractivity contribution in [2.24, 2.45) is 15.8 Å². The van der Waals surface area contributed by atoms with E-state index in [1.165, 1.54) is 0 Å². The van der Waals surface area contributed by atoms with Crippen LogP contribution in [0.2, 0.25) is 10.0 Å². The Balaban J connectivity index is 0.00000264. The minimum absolute atomic E-state index is 0. The highest BCUT2D eigenvalue weighted by Gasteiger charge is 2.44. The van der Waals surface area contributed by atoms with E-state index in [1.807, 2.05) is 6.07 Å². The van der Waals surface area contributed by atoms with E-state index in [9.17, 15) is 0 Å². The van der Waals surface area contributed by atoms with Gasteiger partial charge in [-0.05, 0) is 23.0 Å². The fraction of sp³-hybridized carbons (Fsp3) is 0.588. The molecule has 1 aliphatic rings. The first-order valence-corrected chi connectivity index (χ1v) is 8.31. The number of rotatable bonds is 1. The van der Waals surface area contributed by atoms with Crippen molar-refractivity contribution >= 4 is 47.3 Å². The number of aliphatic imine (C=N–C) groups is 1. The quantitative estimate of drug-likeness (QED) is 0.684. The molecule has 23 heavy (non-hydrogen) atoms. The van der Waals surface area contributed by atoms with Gasteiger partial charge in [-0.2, -0.15) is 0 Å². The lowest BCUT2D eigenvalue weighted by molar-refractivity contribution is 0.184. The minimum atomic E-state index is 0. The van der Waals surface area contributed by atoms with Crippen molar-refractivity contribution in [1.82, 2.24) is 10.6 Å². The van der Waals surface area contributed by atoms with Crippen LogP contribution in [0, 0.1) is 10.8 Å². The van der Waals surface area contributed by atoms with E-state index in [-0.39, 0.29) is 35.3 Å². The number of guanidine groups is 1. The highest BCUT2D eigenvalue weighted by atomic mass is 35.5. The van der Waals surface area contributed by atoms with E-state index in [4.69, 9.17) is 23.2 Å². The molecule has 0 amide bonds. The Morgan fingerprint density at radius 2 is 1.26 bits per heavy atom. The Kier molecular flexibility index (Phi) is 6.28. The van der Waals surface area contributed by atoms with Gasteiger partial charge >= 0.3 is 0 Å². The summed E-state index contributed by atoms with van der Waals surface area (Å²) < 4.78 is 0. The van der Waals surface area contributed by atoms with Crippen LogP contribution in [-0.2, 0) is 0 Å². The molecule has 130 valence electrons. The Bertz CT molecular complexity index is 541. The number of nitrogens with one attached hydrogen (secondary N) is 2. The summed E-state index contributed by atoms with van der Waals surface area (Å²) in [6.07, 6.45) is 0. The van der Waals surface area contributed by atoms with E-state index >= 15 is 0 Å². The minimum Gasteiger partial charge on any atom is -0.351 e. The Labute approximate surface area is 155 Å². The van der Waals surface area contributed by atoms with Crippen molar-refractivity contribution in [2.45, 2.75) is 53.6 Å². The van der Waals surface area contributed by atoms with Gasteiger partial charge in [-0.1, -0.05) is 70.8 Å². The van der Waals surface area contributed by atoms with E-state index in [1.54, 1.807) is 12.1 Å². The molecular formula is C17H26Cl3N3.